The van der Waals surface area contributed by atoms with Crippen molar-refractivity contribution in [3.8, 4) is 16.3 Å². The van der Waals surface area contributed by atoms with Crippen LogP contribution in [0, 0.1) is 0 Å². The summed E-state index contributed by atoms with van der Waals surface area (Å²) in [6.07, 6.45) is 0.597. The van der Waals surface area contributed by atoms with Crippen molar-refractivity contribution in [2.45, 2.75) is 13.3 Å². The number of hydrogen-bond acceptors (Lipinski definition) is 4. The Kier molecular flexibility index (Phi) is 4.21. The van der Waals surface area contributed by atoms with Gasteiger partial charge in [0.25, 0.3) is 0 Å². The summed E-state index contributed by atoms with van der Waals surface area (Å²) in [6.45, 7) is 1.89. The number of halogens is 1. The van der Waals surface area contributed by atoms with E-state index in [0.717, 1.165) is 10.0 Å². The summed E-state index contributed by atoms with van der Waals surface area (Å²) in [5.41, 5.74) is 1.45. The first-order chi connectivity index (χ1) is 9.06. The van der Waals surface area contributed by atoms with Crippen molar-refractivity contribution in [3.63, 3.8) is 0 Å². The van der Waals surface area contributed by atoms with Crippen molar-refractivity contribution in [2.24, 2.45) is 0 Å². The molecule has 1 aromatic heterocycles. The van der Waals surface area contributed by atoms with Gasteiger partial charge in [0.15, 0.2) is 0 Å². The highest BCUT2D eigenvalue weighted by Crippen LogP contribution is 2.35. The maximum Gasteiger partial charge on any atom is 0.347 e. The summed E-state index contributed by atoms with van der Waals surface area (Å²) < 4.78 is 6.04. The van der Waals surface area contributed by atoms with Gasteiger partial charge in [0, 0.05) is 10.0 Å². The SMILES string of the molecule is CCc1nc(-c2cc(OC)ccc2Br)sc1C(=O)O. The fraction of sp³-hybridized carbons (Fsp3) is 0.231. The molecule has 0 radical (unpaired) electrons. The molecule has 0 atom stereocenters. The molecule has 0 aliphatic carbocycles. The lowest BCUT2D eigenvalue weighted by atomic mass is 10.2. The van der Waals surface area contributed by atoms with Gasteiger partial charge in [0.05, 0.1) is 12.8 Å². The van der Waals surface area contributed by atoms with Gasteiger partial charge in [-0.25, -0.2) is 9.78 Å². The van der Waals surface area contributed by atoms with Crippen LogP contribution >= 0.6 is 27.3 Å². The Hall–Kier alpha value is -1.40. The number of aromatic carboxylic acids is 1. The summed E-state index contributed by atoms with van der Waals surface area (Å²) in [5.74, 6) is -0.219. The van der Waals surface area contributed by atoms with E-state index in [1.54, 1.807) is 7.11 Å². The van der Waals surface area contributed by atoms with Crippen LogP contribution in [-0.4, -0.2) is 23.2 Å². The largest absolute Gasteiger partial charge is 0.497 e. The van der Waals surface area contributed by atoms with E-state index >= 15 is 0 Å². The number of carbonyl (C=O) groups is 1. The molecule has 2 rings (SSSR count). The maximum absolute atomic E-state index is 11.2. The zero-order valence-electron chi connectivity index (χ0n) is 10.4. The molecule has 0 saturated carbocycles. The van der Waals surface area contributed by atoms with Crippen molar-refractivity contribution in [2.75, 3.05) is 7.11 Å². The Morgan fingerprint density at radius 3 is 2.79 bits per heavy atom. The highest BCUT2D eigenvalue weighted by atomic mass is 79.9. The minimum absolute atomic E-state index is 0.298. The van der Waals surface area contributed by atoms with E-state index in [0.29, 0.717) is 27.7 Å². The number of carboxylic acids is 1. The summed E-state index contributed by atoms with van der Waals surface area (Å²) in [7, 11) is 1.59. The van der Waals surface area contributed by atoms with E-state index in [-0.39, 0.29) is 0 Å². The number of ether oxygens (including phenoxy) is 1. The minimum atomic E-state index is -0.931. The second-order valence-electron chi connectivity index (χ2n) is 3.80. The van der Waals surface area contributed by atoms with Gasteiger partial charge in [-0.05, 0) is 24.6 Å². The van der Waals surface area contributed by atoms with Crippen LogP contribution in [0.5, 0.6) is 5.75 Å². The van der Waals surface area contributed by atoms with Crippen LogP contribution < -0.4 is 4.74 Å². The Morgan fingerprint density at radius 2 is 2.26 bits per heavy atom. The highest BCUT2D eigenvalue weighted by Gasteiger charge is 2.18. The molecule has 6 heteroatoms. The Balaban J connectivity index is 2.55. The number of hydrogen-bond donors (Lipinski definition) is 1. The second kappa shape index (κ2) is 5.71. The fourth-order valence-electron chi connectivity index (χ4n) is 1.67. The molecular formula is C13H12BrNO3S. The molecule has 2 aromatic rings. The monoisotopic (exact) mass is 341 g/mol. The van der Waals surface area contributed by atoms with Crippen LogP contribution in [-0.2, 0) is 6.42 Å². The zero-order chi connectivity index (χ0) is 14.0. The summed E-state index contributed by atoms with van der Waals surface area (Å²) in [5, 5.41) is 9.84. The Labute approximate surface area is 123 Å². The lowest BCUT2D eigenvalue weighted by Crippen LogP contribution is -1.97. The normalized spacial score (nSPS) is 10.5. The van der Waals surface area contributed by atoms with Crippen molar-refractivity contribution in [1.29, 1.82) is 0 Å². The van der Waals surface area contributed by atoms with Crippen LogP contribution in [0.25, 0.3) is 10.6 Å². The van der Waals surface area contributed by atoms with E-state index in [1.807, 2.05) is 25.1 Å². The molecule has 4 nitrogen and oxygen atoms in total. The van der Waals surface area contributed by atoms with Crippen LogP contribution in [0.15, 0.2) is 22.7 Å². The molecule has 0 aliphatic rings. The molecule has 1 aromatic carbocycles. The number of aryl methyl sites for hydroxylation is 1. The number of methoxy groups -OCH3 is 1. The molecule has 0 bridgehead atoms. The smallest absolute Gasteiger partial charge is 0.347 e. The molecule has 0 saturated heterocycles. The van der Waals surface area contributed by atoms with Gasteiger partial charge >= 0.3 is 5.97 Å². The van der Waals surface area contributed by atoms with Crippen molar-refractivity contribution >= 4 is 33.2 Å². The molecule has 1 heterocycles. The lowest BCUT2D eigenvalue weighted by molar-refractivity contribution is 0.0701. The van der Waals surface area contributed by atoms with E-state index in [9.17, 15) is 4.79 Å². The van der Waals surface area contributed by atoms with E-state index in [2.05, 4.69) is 20.9 Å². The average molecular weight is 342 g/mol. The third kappa shape index (κ3) is 2.79. The number of rotatable bonds is 4. The number of carboxylic acid groups (broad SMARTS) is 1. The van der Waals surface area contributed by atoms with Crippen LogP contribution in [0.1, 0.15) is 22.3 Å². The Bertz CT molecular complexity index is 624. The molecule has 0 amide bonds. The molecular weight excluding hydrogens is 330 g/mol. The van der Waals surface area contributed by atoms with Gasteiger partial charge in [-0.15, -0.1) is 11.3 Å². The topological polar surface area (TPSA) is 59.4 Å². The summed E-state index contributed by atoms with van der Waals surface area (Å²) in [4.78, 5) is 15.9. The van der Waals surface area contributed by atoms with Crippen molar-refractivity contribution in [3.05, 3.63) is 33.2 Å². The minimum Gasteiger partial charge on any atom is -0.497 e. The quantitative estimate of drug-likeness (QED) is 0.917. The predicted octanol–water partition coefficient (Wildman–Crippen LogP) is 3.84. The van der Waals surface area contributed by atoms with Gasteiger partial charge in [0.1, 0.15) is 15.6 Å². The average Bonchev–Trinajstić information content (AvgIpc) is 2.83. The van der Waals surface area contributed by atoms with Gasteiger partial charge in [0.2, 0.25) is 0 Å². The van der Waals surface area contributed by atoms with Crippen LogP contribution in [0.4, 0.5) is 0 Å². The third-order valence-corrected chi connectivity index (χ3v) is 4.44. The number of benzene rings is 1. The summed E-state index contributed by atoms with van der Waals surface area (Å²) >= 11 is 4.64. The molecule has 0 unspecified atom stereocenters. The van der Waals surface area contributed by atoms with E-state index < -0.39 is 5.97 Å². The van der Waals surface area contributed by atoms with Gasteiger partial charge in [-0.2, -0.15) is 0 Å². The standard InChI is InChI=1S/C13H12BrNO3S/c1-3-10-11(13(16)17)19-12(15-10)8-6-7(18-2)4-5-9(8)14/h4-6H,3H2,1-2H3,(H,16,17). The van der Waals surface area contributed by atoms with Crippen molar-refractivity contribution < 1.29 is 14.6 Å². The maximum atomic E-state index is 11.2. The van der Waals surface area contributed by atoms with Crippen molar-refractivity contribution in [1.82, 2.24) is 4.98 Å². The third-order valence-electron chi connectivity index (χ3n) is 2.63. The van der Waals surface area contributed by atoms with E-state index in [1.165, 1.54) is 11.3 Å². The first-order valence-electron chi connectivity index (χ1n) is 5.63. The Morgan fingerprint density at radius 1 is 1.53 bits per heavy atom. The molecule has 19 heavy (non-hydrogen) atoms. The first-order valence-corrected chi connectivity index (χ1v) is 7.24. The second-order valence-corrected chi connectivity index (χ2v) is 5.65. The number of thiazole rings is 1. The zero-order valence-corrected chi connectivity index (χ0v) is 12.8. The van der Waals surface area contributed by atoms with Crippen LogP contribution in [0.3, 0.4) is 0 Å². The van der Waals surface area contributed by atoms with Gasteiger partial charge in [-0.3, -0.25) is 0 Å². The van der Waals surface area contributed by atoms with Gasteiger partial charge in [-0.1, -0.05) is 22.9 Å². The lowest BCUT2D eigenvalue weighted by Gasteiger charge is -2.04. The van der Waals surface area contributed by atoms with Crippen LogP contribution in [0.2, 0.25) is 0 Å². The predicted molar refractivity (Wildman–Crippen MR) is 78.1 cm³/mol. The molecule has 0 spiro atoms. The fourth-order valence-corrected chi connectivity index (χ4v) is 3.26. The number of aromatic nitrogens is 1. The molecule has 100 valence electrons. The summed E-state index contributed by atoms with van der Waals surface area (Å²) in [6, 6.07) is 5.54. The molecule has 1 N–H and O–H groups in total. The molecule has 0 fully saturated rings. The molecule has 0 aliphatic heterocycles. The number of nitrogens with zero attached hydrogens (tertiary/aromatic N) is 1. The van der Waals surface area contributed by atoms with Gasteiger partial charge < -0.3 is 9.84 Å². The van der Waals surface area contributed by atoms with E-state index in [4.69, 9.17) is 9.84 Å². The highest BCUT2D eigenvalue weighted by molar-refractivity contribution is 9.10. The first kappa shape index (κ1) is 14.0.